The molecule has 2 heterocycles. The standard InChI is InChI=1S/C15H24N4O5S/c1-9(2)11-7-19(8-12(11)17-25(4,23)24)13(20)5-10-6-16-15(22)18(3)14(10)21/h6,9,11-12,17H,5,7-8H2,1-4H3,(H,16,22)/t11-,12+/m0/s1. The third kappa shape index (κ3) is 4.57. The van der Waals surface area contributed by atoms with Crippen molar-refractivity contribution < 1.29 is 13.2 Å². The molecule has 2 atom stereocenters. The first-order valence-electron chi connectivity index (χ1n) is 8.02. The van der Waals surface area contributed by atoms with Crippen LogP contribution < -0.4 is 16.0 Å². The molecule has 9 nitrogen and oxygen atoms in total. The van der Waals surface area contributed by atoms with Gasteiger partial charge in [0.05, 0.1) is 12.7 Å². The molecule has 0 saturated carbocycles. The first-order chi connectivity index (χ1) is 11.5. The highest BCUT2D eigenvalue weighted by Crippen LogP contribution is 2.25. The zero-order chi connectivity index (χ0) is 18.9. The number of carbonyl (C=O) groups is 1. The van der Waals surface area contributed by atoms with Gasteiger partial charge in [-0.1, -0.05) is 13.8 Å². The number of aromatic nitrogens is 2. The number of rotatable bonds is 5. The van der Waals surface area contributed by atoms with E-state index in [0.717, 1.165) is 10.8 Å². The van der Waals surface area contributed by atoms with Gasteiger partial charge in [-0.3, -0.25) is 14.2 Å². The van der Waals surface area contributed by atoms with Crippen molar-refractivity contribution in [2.45, 2.75) is 26.3 Å². The van der Waals surface area contributed by atoms with Gasteiger partial charge < -0.3 is 9.88 Å². The zero-order valence-electron chi connectivity index (χ0n) is 14.8. The number of nitrogens with zero attached hydrogens (tertiary/aromatic N) is 2. The summed E-state index contributed by atoms with van der Waals surface area (Å²) in [7, 11) is -2.04. The quantitative estimate of drug-likeness (QED) is 0.662. The van der Waals surface area contributed by atoms with Gasteiger partial charge in [0, 0.05) is 37.9 Å². The lowest BCUT2D eigenvalue weighted by Crippen LogP contribution is -2.42. The van der Waals surface area contributed by atoms with E-state index in [4.69, 9.17) is 0 Å². The number of H-pyrrole nitrogens is 1. The molecule has 1 aliphatic heterocycles. The van der Waals surface area contributed by atoms with Crippen LogP contribution in [0.3, 0.4) is 0 Å². The Kier molecular flexibility index (Phi) is 5.52. The summed E-state index contributed by atoms with van der Waals surface area (Å²) in [4.78, 5) is 40.0. The third-order valence-corrected chi connectivity index (χ3v) is 5.27. The summed E-state index contributed by atoms with van der Waals surface area (Å²) in [6.45, 7) is 4.65. The predicted octanol–water partition coefficient (Wildman–Crippen LogP) is -1.35. The van der Waals surface area contributed by atoms with Gasteiger partial charge in [-0.25, -0.2) is 17.9 Å². The van der Waals surface area contributed by atoms with Gasteiger partial charge in [-0.05, 0) is 11.8 Å². The van der Waals surface area contributed by atoms with E-state index in [0.29, 0.717) is 6.54 Å². The van der Waals surface area contributed by atoms with Crippen molar-refractivity contribution in [2.75, 3.05) is 19.3 Å². The van der Waals surface area contributed by atoms with Crippen molar-refractivity contribution in [3.8, 4) is 0 Å². The number of hydrogen-bond acceptors (Lipinski definition) is 5. The Morgan fingerprint density at radius 2 is 2.00 bits per heavy atom. The van der Waals surface area contributed by atoms with Gasteiger partial charge in [-0.2, -0.15) is 0 Å². The summed E-state index contributed by atoms with van der Waals surface area (Å²) >= 11 is 0. The maximum atomic E-state index is 12.6. The van der Waals surface area contributed by atoms with Gasteiger partial charge in [0.15, 0.2) is 0 Å². The van der Waals surface area contributed by atoms with Crippen molar-refractivity contribution in [3.05, 3.63) is 32.6 Å². The molecule has 25 heavy (non-hydrogen) atoms. The van der Waals surface area contributed by atoms with Crippen LogP contribution in [0.1, 0.15) is 19.4 Å². The SMILES string of the molecule is CC(C)[C@@H]1CN(C(=O)Cc2c[nH]c(=O)n(C)c2=O)C[C@H]1NS(C)(=O)=O. The summed E-state index contributed by atoms with van der Waals surface area (Å²) in [6.07, 6.45) is 2.21. The first-order valence-corrected chi connectivity index (χ1v) is 9.91. The van der Waals surface area contributed by atoms with Crippen molar-refractivity contribution >= 4 is 15.9 Å². The smallest absolute Gasteiger partial charge is 0.328 e. The lowest BCUT2D eigenvalue weighted by molar-refractivity contribution is -0.129. The highest BCUT2D eigenvalue weighted by molar-refractivity contribution is 7.88. The Morgan fingerprint density at radius 1 is 1.36 bits per heavy atom. The van der Waals surface area contributed by atoms with Crippen LogP contribution in [0.4, 0.5) is 0 Å². The van der Waals surface area contributed by atoms with Crippen LogP contribution in [0.5, 0.6) is 0 Å². The van der Waals surface area contributed by atoms with E-state index < -0.39 is 21.3 Å². The molecule has 1 fully saturated rings. The minimum Gasteiger partial charge on any atom is -0.340 e. The minimum atomic E-state index is -3.38. The van der Waals surface area contributed by atoms with Gasteiger partial charge in [0.25, 0.3) is 5.56 Å². The molecule has 1 aliphatic rings. The number of nitrogens with one attached hydrogen (secondary N) is 2. The summed E-state index contributed by atoms with van der Waals surface area (Å²) in [5.41, 5.74) is -0.852. The average molecular weight is 372 g/mol. The molecule has 0 unspecified atom stereocenters. The largest absolute Gasteiger partial charge is 0.340 e. The van der Waals surface area contributed by atoms with E-state index in [1.54, 1.807) is 4.90 Å². The molecule has 1 aromatic rings. The van der Waals surface area contributed by atoms with E-state index in [2.05, 4.69) is 9.71 Å². The van der Waals surface area contributed by atoms with Gasteiger partial charge in [0.2, 0.25) is 15.9 Å². The van der Waals surface area contributed by atoms with E-state index in [1.165, 1.54) is 13.2 Å². The number of amides is 1. The fraction of sp³-hybridized carbons (Fsp3) is 0.667. The number of likely N-dealkylation sites (tertiary alicyclic amines) is 1. The van der Waals surface area contributed by atoms with Gasteiger partial charge in [0.1, 0.15) is 0 Å². The van der Waals surface area contributed by atoms with Crippen LogP contribution in [0.15, 0.2) is 15.8 Å². The fourth-order valence-corrected chi connectivity index (χ4v) is 3.92. The lowest BCUT2D eigenvalue weighted by Gasteiger charge is -2.21. The Bertz CT molecular complexity index is 871. The van der Waals surface area contributed by atoms with Crippen LogP contribution in [0.2, 0.25) is 0 Å². The highest BCUT2D eigenvalue weighted by Gasteiger charge is 2.38. The van der Waals surface area contributed by atoms with Crippen molar-refractivity contribution in [3.63, 3.8) is 0 Å². The molecule has 1 amide bonds. The molecule has 2 rings (SSSR count). The van der Waals surface area contributed by atoms with Crippen LogP contribution in [-0.4, -0.2) is 54.2 Å². The van der Waals surface area contributed by atoms with Crippen LogP contribution in [0.25, 0.3) is 0 Å². The summed E-state index contributed by atoms with van der Waals surface area (Å²) < 4.78 is 26.6. The Balaban J connectivity index is 2.16. The molecule has 1 saturated heterocycles. The third-order valence-electron chi connectivity index (χ3n) is 4.54. The lowest BCUT2D eigenvalue weighted by atomic mass is 9.92. The maximum absolute atomic E-state index is 12.6. The molecule has 1 aromatic heterocycles. The topological polar surface area (TPSA) is 121 Å². The Labute approximate surface area is 146 Å². The molecule has 2 N–H and O–H groups in total. The molecule has 0 aromatic carbocycles. The van der Waals surface area contributed by atoms with Crippen LogP contribution in [0, 0.1) is 11.8 Å². The van der Waals surface area contributed by atoms with Crippen LogP contribution >= 0.6 is 0 Å². The molecule has 140 valence electrons. The van der Waals surface area contributed by atoms with E-state index in [9.17, 15) is 22.8 Å². The van der Waals surface area contributed by atoms with E-state index in [-0.39, 0.29) is 42.3 Å². The minimum absolute atomic E-state index is 0.00270. The average Bonchev–Trinajstić information content (AvgIpc) is 2.90. The first kappa shape index (κ1) is 19.4. The molecule has 10 heteroatoms. The Hall–Kier alpha value is -1.94. The number of carbonyl (C=O) groups excluding carboxylic acids is 1. The van der Waals surface area contributed by atoms with E-state index in [1.807, 2.05) is 13.8 Å². The van der Waals surface area contributed by atoms with Crippen molar-refractivity contribution in [1.82, 2.24) is 19.2 Å². The maximum Gasteiger partial charge on any atom is 0.328 e. The van der Waals surface area contributed by atoms with Crippen molar-refractivity contribution in [2.24, 2.45) is 18.9 Å². The number of sulfonamides is 1. The second-order valence-corrected chi connectivity index (χ2v) is 8.64. The summed E-state index contributed by atoms with van der Waals surface area (Å²) in [5, 5.41) is 0. The van der Waals surface area contributed by atoms with Crippen LogP contribution in [-0.2, 0) is 28.3 Å². The summed E-state index contributed by atoms with van der Waals surface area (Å²) in [6, 6.07) is -0.350. The van der Waals surface area contributed by atoms with Crippen molar-refractivity contribution in [1.29, 1.82) is 0 Å². The molecular weight excluding hydrogens is 348 g/mol. The van der Waals surface area contributed by atoms with Gasteiger partial charge in [-0.15, -0.1) is 0 Å². The fourth-order valence-electron chi connectivity index (χ4n) is 3.12. The highest BCUT2D eigenvalue weighted by atomic mass is 32.2. The second-order valence-electron chi connectivity index (χ2n) is 6.86. The van der Waals surface area contributed by atoms with E-state index >= 15 is 0 Å². The molecule has 0 aliphatic carbocycles. The molecule has 0 spiro atoms. The predicted molar refractivity (Wildman–Crippen MR) is 92.7 cm³/mol. The number of hydrogen-bond donors (Lipinski definition) is 2. The molecule has 0 bridgehead atoms. The second kappa shape index (κ2) is 7.12. The van der Waals surface area contributed by atoms with Gasteiger partial charge >= 0.3 is 5.69 Å². The summed E-state index contributed by atoms with van der Waals surface area (Å²) in [5.74, 6) is -0.0808. The zero-order valence-corrected chi connectivity index (χ0v) is 15.6. The number of aromatic amines is 1. The Morgan fingerprint density at radius 3 is 2.56 bits per heavy atom. The molecule has 0 radical (unpaired) electrons. The molecular formula is C15H24N4O5S. The normalized spacial score (nSPS) is 21.1. The monoisotopic (exact) mass is 372 g/mol.